The van der Waals surface area contributed by atoms with Crippen molar-refractivity contribution < 1.29 is 4.79 Å². The van der Waals surface area contributed by atoms with Crippen molar-refractivity contribution in [3.05, 3.63) is 54.6 Å². The summed E-state index contributed by atoms with van der Waals surface area (Å²) in [6.45, 7) is 10.4. The maximum absolute atomic E-state index is 12.4. The second-order valence-electron chi connectivity index (χ2n) is 6.87. The Hall–Kier alpha value is -2.53. The van der Waals surface area contributed by atoms with Crippen LogP contribution in [0.5, 0.6) is 0 Å². The Bertz CT molecular complexity index is 705. The molecule has 5 heteroatoms. The molecule has 0 aromatic heterocycles. The number of hydrogen-bond donors (Lipinski definition) is 1. The monoisotopic (exact) mass is 366 g/mol. The standard InChI is InChI=1S/C22H30N4O/c1-3-25(4-2)21-12-10-19(11-13-21)23-22(27)18-24-14-16-26(17-15-24)20-8-6-5-7-9-20/h5-13H,3-4,14-18H2,1-2H3,(H,23,27). The van der Waals surface area contributed by atoms with Crippen LogP contribution in [0, 0.1) is 0 Å². The number of benzene rings is 2. The fraction of sp³-hybridized carbons (Fsp3) is 0.409. The van der Waals surface area contributed by atoms with E-state index in [1.165, 1.54) is 11.4 Å². The number of hydrogen-bond acceptors (Lipinski definition) is 4. The van der Waals surface area contributed by atoms with Gasteiger partial charge in [-0.3, -0.25) is 9.69 Å². The molecule has 1 aliphatic heterocycles. The second kappa shape index (κ2) is 9.42. The van der Waals surface area contributed by atoms with E-state index in [0.29, 0.717) is 6.54 Å². The normalized spacial score (nSPS) is 14.8. The maximum atomic E-state index is 12.4. The fourth-order valence-corrected chi connectivity index (χ4v) is 3.55. The molecule has 1 N–H and O–H groups in total. The highest BCUT2D eigenvalue weighted by Crippen LogP contribution is 2.18. The zero-order valence-electron chi connectivity index (χ0n) is 16.4. The third-order valence-corrected chi connectivity index (χ3v) is 5.14. The molecular weight excluding hydrogens is 336 g/mol. The van der Waals surface area contributed by atoms with Gasteiger partial charge < -0.3 is 15.1 Å². The molecule has 5 nitrogen and oxygen atoms in total. The summed E-state index contributed by atoms with van der Waals surface area (Å²) in [5, 5.41) is 3.02. The third kappa shape index (κ3) is 5.23. The zero-order valence-corrected chi connectivity index (χ0v) is 16.4. The number of piperazine rings is 1. The van der Waals surface area contributed by atoms with E-state index >= 15 is 0 Å². The highest BCUT2D eigenvalue weighted by Gasteiger charge is 2.19. The average molecular weight is 367 g/mol. The lowest BCUT2D eigenvalue weighted by Crippen LogP contribution is -2.48. The summed E-state index contributed by atoms with van der Waals surface area (Å²) in [5.41, 5.74) is 3.31. The molecule has 0 bridgehead atoms. The first-order valence-electron chi connectivity index (χ1n) is 9.86. The summed E-state index contributed by atoms with van der Waals surface area (Å²) in [6.07, 6.45) is 0. The lowest BCUT2D eigenvalue weighted by molar-refractivity contribution is -0.117. The van der Waals surface area contributed by atoms with Crippen LogP contribution < -0.4 is 15.1 Å². The van der Waals surface area contributed by atoms with Crippen LogP contribution >= 0.6 is 0 Å². The molecule has 1 heterocycles. The van der Waals surface area contributed by atoms with E-state index in [4.69, 9.17) is 0 Å². The molecule has 0 saturated carbocycles. The summed E-state index contributed by atoms with van der Waals surface area (Å²) >= 11 is 0. The molecule has 0 aliphatic carbocycles. The highest BCUT2D eigenvalue weighted by molar-refractivity contribution is 5.92. The molecule has 27 heavy (non-hydrogen) atoms. The van der Waals surface area contributed by atoms with Crippen LogP contribution in [0.4, 0.5) is 17.1 Å². The summed E-state index contributed by atoms with van der Waals surface area (Å²) in [5.74, 6) is 0.0544. The fourth-order valence-electron chi connectivity index (χ4n) is 3.55. The number of nitrogens with one attached hydrogen (secondary N) is 1. The topological polar surface area (TPSA) is 38.8 Å². The van der Waals surface area contributed by atoms with Gasteiger partial charge in [0.15, 0.2) is 0 Å². The van der Waals surface area contributed by atoms with Crippen molar-refractivity contribution in [2.24, 2.45) is 0 Å². The number of carbonyl (C=O) groups is 1. The lowest BCUT2D eigenvalue weighted by atomic mass is 10.2. The largest absolute Gasteiger partial charge is 0.372 e. The Morgan fingerprint density at radius 2 is 1.56 bits per heavy atom. The molecule has 1 aliphatic rings. The van der Waals surface area contributed by atoms with Crippen LogP contribution in [-0.2, 0) is 4.79 Å². The predicted molar refractivity (Wildman–Crippen MR) is 114 cm³/mol. The first-order chi connectivity index (χ1) is 13.2. The minimum Gasteiger partial charge on any atom is -0.372 e. The van der Waals surface area contributed by atoms with Crippen LogP contribution in [0.15, 0.2) is 54.6 Å². The summed E-state index contributed by atoms with van der Waals surface area (Å²) in [6, 6.07) is 18.6. The Balaban J connectivity index is 1.46. The van der Waals surface area contributed by atoms with Gasteiger partial charge in [-0.05, 0) is 50.2 Å². The highest BCUT2D eigenvalue weighted by atomic mass is 16.2. The van der Waals surface area contributed by atoms with Gasteiger partial charge in [-0.25, -0.2) is 0 Å². The average Bonchev–Trinajstić information content (AvgIpc) is 2.71. The molecule has 3 rings (SSSR count). The van der Waals surface area contributed by atoms with Gasteiger partial charge in [0.05, 0.1) is 6.54 Å². The first kappa shape index (κ1) is 19.2. The van der Waals surface area contributed by atoms with Crippen molar-refractivity contribution in [1.82, 2.24) is 4.90 Å². The number of para-hydroxylation sites is 1. The molecule has 2 aromatic carbocycles. The molecule has 1 fully saturated rings. The Kier molecular flexibility index (Phi) is 6.71. The molecule has 0 spiro atoms. The minimum absolute atomic E-state index is 0.0544. The first-order valence-corrected chi connectivity index (χ1v) is 9.86. The second-order valence-corrected chi connectivity index (χ2v) is 6.87. The van der Waals surface area contributed by atoms with Gasteiger partial charge in [-0.2, -0.15) is 0 Å². The van der Waals surface area contributed by atoms with E-state index in [9.17, 15) is 4.79 Å². The Labute approximate surface area is 162 Å². The minimum atomic E-state index is 0.0544. The van der Waals surface area contributed by atoms with E-state index < -0.39 is 0 Å². The molecule has 144 valence electrons. The van der Waals surface area contributed by atoms with Gasteiger partial charge in [0.1, 0.15) is 0 Å². The van der Waals surface area contributed by atoms with Crippen molar-refractivity contribution in [3.8, 4) is 0 Å². The molecule has 0 atom stereocenters. The summed E-state index contributed by atoms with van der Waals surface area (Å²) in [4.78, 5) is 19.3. The molecule has 0 unspecified atom stereocenters. The van der Waals surface area contributed by atoms with Crippen LogP contribution in [0.2, 0.25) is 0 Å². The van der Waals surface area contributed by atoms with Crippen molar-refractivity contribution in [3.63, 3.8) is 0 Å². The van der Waals surface area contributed by atoms with Gasteiger partial charge in [0.2, 0.25) is 5.91 Å². The molecule has 0 radical (unpaired) electrons. The number of anilines is 3. The van der Waals surface area contributed by atoms with E-state index in [0.717, 1.165) is 45.0 Å². The quantitative estimate of drug-likeness (QED) is 0.816. The van der Waals surface area contributed by atoms with Crippen LogP contribution in [0.1, 0.15) is 13.8 Å². The number of amides is 1. The van der Waals surface area contributed by atoms with Crippen molar-refractivity contribution >= 4 is 23.0 Å². The predicted octanol–water partition coefficient (Wildman–Crippen LogP) is 3.29. The number of nitrogens with zero attached hydrogens (tertiary/aromatic N) is 3. The molecular formula is C22H30N4O. The van der Waals surface area contributed by atoms with Gasteiger partial charge >= 0.3 is 0 Å². The molecule has 1 amide bonds. The number of carbonyl (C=O) groups excluding carboxylic acids is 1. The summed E-state index contributed by atoms with van der Waals surface area (Å²) < 4.78 is 0. The summed E-state index contributed by atoms with van der Waals surface area (Å²) in [7, 11) is 0. The van der Waals surface area contributed by atoms with Gasteiger partial charge in [-0.1, -0.05) is 18.2 Å². The number of rotatable bonds is 7. The van der Waals surface area contributed by atoms with Gasteiger partial charge in [0.25, 0.3) is 0 Å². The Morgan fingerprint density at radius 3 is 2.15 bits per heavy atom. The van der Waals surface area contributed by atoms with Crippen molar-refractivity contribution in [2.45, 2.75) is 13.8 Å². The van der Waals surface area contributed by atoms with Crippen LogP contribution in [-0.4, -0.2) is 56.6 Å². The zero-order chi connectivity index (χ0) is 19.1. The van der Waals surface area contributed by atoms with E-state index in [-0.39, 0.29) is 5.91 Å². The SMILES string of the molecule is CCN(CC)c1ccc(NC(=O)CN2CCN(c3ccccc3)CC2)cc1. The maximum Gasteiger partial charge on any atom is 0.238 e. The lowest BCUT2D eigenvalue weighted by Gasteiger charge is -2.35. The molecule has 2 aromatic rings. The van der Waals surface area contributed by atoms with E-state index in [2.05, 4.69) is 70.3 Å². The Morgan fingerprint density at radius 1 is 0.926 bits per heavy atom. The van der Waals surface area contributed by atoms with Crippen LogP contribution in [0.3, 0.4) is 0 Å². The van der Waals surface area contributed by atoms with Gasteiger partial charge in [-0.15, -0.1) is 0 Å². The van der Waals surface area contributed by atoms with Crippen molar-refractivity contribution in [2.75, 3.05) is 60.9 Å². The molecule has 1 saturated heterocycles. The third-order valence-electron chi connectivity index (χ3n) is 5.14. The van der Waals surface area contributed by atoms with E-state index in [1.807, 2.05) is 18.2 Å². The smallest absolute Gasteiger partial charge is 0.238 e. The van der Waals surface area contributed by atoms with Gasteiger partial charge in [0, 0.05) is 56.3 Å². The van der Waals surface area contributed by atoms with E-state index in [1.54, 1.807) is 0 Å². The van der Waals surface area contributed by atoms with Crippen LogP contribution in [0.25, 0.3) is 0 Å². The van der Waals surface area contributed by atoms with Crippen molar-refractivity contribution in [1.29, 1.82) is 0 Å².